The summed E-state index contributed by atoms with van der Waals surface area (Å²) in [5.41, 5.74) is 8.04. The molecule has 2 heterocycles. The number of nitrogens with one attached hydrogen (secondary N) is 2. The van der Waals surface area contributed by atoms with E-state index in [1.54, 1.807) is 34.6 Å². The van der Waals surface area contributed by atoms with Gasteiger partial charge in [0.1, 0.15) is 18.5 Å². The van der Waals surface area contributed by atoms with Crippen LogP contribution in [0.5, 0.6) is 5.75 Å². The van der Waals surface area contributed by atoms with Crippen molar-refractivity contribution in [1.29, 1.82) is 0 Å². The van der Waals surface area contributed by atoms with E-state index < -0.39 is 42.9 Å². The lowest BCUT2D eigenvalue weighted by Crippen LogP contribution is -2.47. The minimum Gasteiger partial charge on any atom is -0.491 e. The van der Waals surface area contributed by atoms with Crippen molar-refractivity contribution in [3.63, 3.8) is 0 Å². The molecule has 1 spiro atoms. The highest BCUT2D eigenvalue weighted by atomic mass is 32.2. The Hall–Kier alpha value is -2.92. The summed E-state index contributed by atoms with van der Waals surface area (Å²) >= 11 is 0. The van der Waals surface area contributed by atoms with Crippen LogP contribution < -0.4 is 21.1 Å². The Morgan fingerprint density at radius 2 is 1.66 bits per heavy atom. The van der Waals surface area contributed by atoms with E-state index in [2.05, 4.69) is 10.6 Å². The summed E-state index contributed by atoms with van der Waals surface area (Å²) in [6, 6.07) is 21.3. The fourth-order valence-electron chi connectivity index (χ4n) is 6.78. The van der Waals surface area contributed by atoms with Crippen LogP contribution in [0.2, 0.25) is 0 Å². The number of sulfone groups is 1. The van der Waals surface area contributed by atoms with Crippen molar-refractivity contribution in [2.75, 3.05) is 52.5 Å². The average Bonchev–Trinajstić information content (AvgIpc) is 3.86. The summed E-state index contributed by atoms with van der Waals surface area (Å²) in [5.74, 6) is 0.330. The second kappa shape index (κ2) is 15.4. The summed E-state index contributed by atoms with van der Waals surface area (Å²) in [6.45, 7) is 3.02. The van der Waals surface area contributed by atoms with Crippen LogP contribution in [0.15, 0.2) is 82.6 Å². The third-order valence-corrected chi connectivity index (χ3v) is 14.6. The average molecular weight is 729 g/mol. The molecule has 3 aromatic rings. The van der Waals surface area contributed by atoms with Gasteiger partial charge in [0.15, 0.2) is 9.84 Å². The molecular weight excluding hydrogens is 681 g/mol. The van der Waals surface area contributed by atoms with Gasteiger partial charge in [0, 0.05) is 45.3 Å². The highest BCUT2D eigenvalue weighted by Crippen LogP contribution is 2.46. The van der Waals surface area contributed by atoms with Gasteiger partial charge in [-0.2, -0.15) is 4.31 Å². The molecule has 14 heteroatoms. The lowest BCUT2D eigenvalue weighted by atomic mass is 9.88. The zero-order chi connectivity index (χ0) is 35.4. The number of hydrogen-bond acceptors (Lipinski definition) is 11. The second-order valence-corrected chi connectivity index (χ2v) is 18.0. The van der Waals surface area contributed by atoms with Crippen LogP contribution in [-0.4, -0.2) is 106 Å². The van der Waals surface area contributed by atoms with Crippen LogP contribution in [0.1, 0.15) is 37.7 Å². The number of aliphatic hydroxyl groups excluding tert-OH is 2. The summed E-state index contributed by atoms with van der Waals surface area (Å²) in [4.78, 5) is 0.372. The van der Waals surface area contributed by atoms with Crippen molar-refractivity contribution in [3.05, 3.63) is 78.4 Å². The lowest BCUT2D eigenvalue weighted by Gasteiger charge is -2.38. The van der Waals surface area contributed by atoms with Crippen LogP contribution in [0.3, 0.4) is 0 Å². The Labute approximate surface area is 294 Å². The Kier molecular flexibility index (Phi) is 11.3. The summed E-state index contributed by atoms with van der Waals surface area (Å²) in [6.07, 6.45) is 1.88. The van der Waals surface area contributed by atoms with E-state index in [4.69, 9.17) is 15.2 Å². The molecule has 3 aromatic carbocycles. The third kappa shape index (κ3) is 8.09. The van der Waals surface area contributed by atoms with Gasteiger partial charge in [-0.25, -0.2) is 16.8 Å². The molecule has 272 valence electrons. The molecule has 0 aromatic heterocycles. The fourth-order valence-corrected chi connectivity index (χ4v) is 10.1. The van der Waals surface area contributed by atoms with E-state index in [0.717, 1.165) is 29.8 Å². The van der Waals surface area contributed by atoms with Crippen molar-refractivity contribution in [2.24, 2.45) is 5.73 Å². The zero-order valence-corrected chi connectivity index (χ0v) is 29.8. The molecule has 50 heavy (non-hydrogen) atoms. The van der Waals surface area contributed by atoms with Gasteiger partial charge < -0.3 is 36.1 Å². The molecule has 6 rings (SSSR count). The number of sulfonamides is 1. The standard InChI is InChI=1S/C36H48N4O8S2/c37-15-16-38-22-27-7-9-28(10-8-27)29-3-1-6-34(19-29)50(45,46)40-17-13-35(14-18-40)21-30(24-48-35)39-23-31(42)25-47-32-4-2-5-33(20-32)49(43,44)36(26-41)11-12-36/h1-10,19-20,30-31,38-39,41-42H,11-18,21-26,37H2. The minimum atomic E-state index is -3.69. The number of piperidine rings is 1. The van der Waals surface area contributed by atoms with Crippen molar-refractivity contribution in [2.45, 2.75) is 70.9 Å². The molecule has 2 saturated heterocycles. The van der Waals surface area contributed by atoms with E-state index >= 15 is 0 Å². The largest absolute Gasteiger partial charge is 0.491 e. The third-order valence-electron chi connectivity index (χ3n) is 10.1. The Morgan fingerprint density at radius 3 is 2.36 bits per heavy atom. The van der Waals surface area contributed by atoms with E-state index in [0.29, 0.717) is 64.1 Å². The van der Waals surface area contributed by atoms with Gasteiger partial charge in [-0.3, -0.25) is 0 Å². The summed E-state index contributed by atoms with van der Waals surface area (Å²) in [5, 5.41) is 26.8. The molecule has 0 radical (unpaired) electrons. The first-order valence-corrected chi connectivity index (χ1v) is 20.2. The number of aliphatic hydroxyl groups is 2. The molecular formula is C36H48N4O8S2. The quantitative estimate of drug-likeness (QED) is 0.136. The molecule has 2 aliphatic heterocycles. The van der Waals surface area contributed by atoms with Crippen molar-refractivity contribution >= 4 is 19.9 Å². The van der Waals surface area contributed by atoms with Crippen molar-refractivity contribution in [1.82, 2.24) is 14.9 Å². The predicted molar refractivity (Wildman–Crippen MR) is 190 cm³/mol. The maximum atomic E-state index is 13.7. The number of nitrogens with zero attached hydrogens (tertiary/aromatic N) is 1. The lowest BCUT2D eigenvalue weighted by molar-refractivity contribution is -0.0312. The molecule has 0 bridgehead atoms. The number of hydrogen-bond donors (Lipinski definition) is 5. The first kappa shape index (κ1) is 36.9. The number of ether oxygens (including phenoxy) is 2. The van der Waals surface area contributed by atoms with Gasteiger partial charge in [-0.1, -0.05) is 42.5 Å². The van der Waals surface area contributed by atoms with Crippen molar-refractivity contribution in [3.8, 4) is 16.9 Å². The van der Waals surface area contributed by atoms with Gasteiger partial charge in [-0.05, 0) is 79.1 Å². The first-order chi connectivity index (χ1) is 24.0. The molecule has 6 N–H and O–H groups in total. The van der Waals surface area contributed by atoms with E-state index in [1.807, 2.05) is 30.3 Å². The molecule has 2 atom stereocenters. The topological polar surface area (TPSA) is 181 Å². The van der Waals surface area contributed by atoms with Crippen molar-refractivity contribution < 1.29 is 36.5 Å². The fraction of sp³-hybridized carbons (Fsp3) is 0.500. The highest BCUT2D eigenvalue weighted by molar-refractivity contribution is 7.93. The predicted octanol–water partition coefficient (Wildman–Crippen LogP) is 2.04. The van der Waals surface area contributed by atoms with E-state index in [9.17, 15) is 27.0 Å². The van der Waals surface area contributed by atoms with Gasteiger partial charge in [-0.15, -0.1) is 0 Å². The molecule has 12 nitrogen and oxygen atoms in total. The normalized spacial score (nSPS) is 20.9. The van der Waals surface area contributed by atoms with Crippen LogP contribution >= 0.6 is 0 Å². The molecule has 2 unspecified atom stereocenters. The number of benzene rings is 3. The van der Waals surface area contributed by atoms with Gasteiger partial charge in [0.2, 0.25) is 10.0 Å². The molecule has 1 aliphatic carbocycles. The Bertz CT molecular complexity index is 1830. The SMILES string of the molecule is NCCNCc1ccc(-c2cccc(S(=O)(=O)N3CCC4(CC3)CC(NCC(O)COc3cccc(S(=O)(=O)C5(CO)CC5)c3)CO4)c2)cc1. The Balaban J connectivity index is 0.965. The molecule has 3 fully saturated rings. The van der Waals surface area contributed by atoms with Gasteiger partial charge in [0.05, 0.1) is 33.4 Å². The van der Waals surface area contributed by atoms with Crippen LogP contribution in [0.25, 0.3) is 11.1 Å². The smallest absolute Gasteiger partial charge is 0.243 e. The molecule has 0 amide bonds. The number of rotatable bonds is 16. The monoisotopic (exact) mass is 728 g/mol. The minimum absolute atomic E-state index is 0.00555. The Morgan fingerprint density at radius 1 is 0.940 bits per heavy atom. The van der Waals surface area contributed by atoms with Crippen LogP contribution in [-0.2, 0) is 31.1 Å². The van der Waals surface area contributed by atoms with Crippen LogP contribution in [0, 0.1) is 0 Å². The van der Waals surface area contributed by atoms with Gasteiger partial charge in [0.25, 0.3) is 0 Å². The highest BCUT2D eigenvalue weighted by Gasteiger charge is 2.54. The van der Waals surface area contributed by atoms with E-state index in [-0.39, 0.29) is 29.0 Å². The number of nitrogens with two attached hydrogens (primary N) is 1. The zero-order valence-electron chi connectivity index (χ0n) is 28.2. The van der Waals surface area contributed by atoms with E-state index in [1.165, 1.54) is 12.1 Å². The first-order valence-electron chi connectivity index (χ1n) is 17.2. The molecule has 3 aliphatic rings. The van der Waals surface area contributed by atoms with Crippen LogP contribution in [0.4, 0.5) is 0 Å². The van der Waals surface area contributed by atoms with Gasteiger partial charge >= 0.3 is 0 Å². The summed E-state index contributed by atoms with van der Waals surface area (Å²) in [7, 11) is -7.37. The maximum Gasteiger partial charge on any atom is 0.243 e. The molecule has 1 saturated carbocycles. The second-order valence-electron chi connectivity index (χ2n) is 13.7. The maximum absolute atomic E-state index is 13.7. The summed E-state index contributed by atoms with van der Waals surface area (Å²) < 4.78 is 65.6.